The standard InChI is InChI=1S/C22H17N3OS/c1-15(26-22(23-2)16-11-13-24-14-12-16)27-21-17-7-3-5-9-19(17)25-20-10-6-4-8-18(20)21/h3-14H,1H2,2H3. The number of rotatable bonds is 4. The summed E-state index contributed by atoms with van der Waals surface area (Å²) >= 11 is 1.49. The van der Waals surface area contributed by atoms with Gasteiger partial charge in [-0.2, -0.15) is 0 Å². The van der Waals surface area contributed by atoms with Gasteiger partial charge in [0.1, 0.15) is 0 Å². The highest BCUT2D eigenvalue weighted by atomic mass is 32.2. The van der Waals surface area contributed by atoms with E-state index in [0.29, 0.717) is 11.0 Å². The van der Waals surface area contributed by atoms with Crippen molar-refractivity contribution in [1.29, 1.82) is 0 Å². The number of hydrogen-bond acceptors (Lipinski definition) is 5. The van der Waals surface area contributed by atoms with Gasteiger partial charge in [0.05, 0.1) is 11.0 Å². The molecule has 2 aromatic carbocycles. The van der Waals surface area contributed by atoms with Gasteiger partial charge in [-0.3, -0.25) is 9.98 Å². The van der Waals surface area contributed by atoms with Crippen LogP contribution in [0.3, 0.4) is 0 Å². The van der Waals surface area contributed by atoms with Crippen molar-refractivity contribution in [2.24, 2.45) is 4.99 Å². The van der Waals surface area contributed by atoms with Crippen LogP contribution in [0.1, 0.15) is 5.56 Å². The predicted octanol–water partition coefficient (Wildman–Crippen LogP) is 5.44. The molecule has 0 unspecified atom stereocenters. The van der Waals surface area contributed by atoms with Gasteiger partial charge < -0.3 is 4.74 Å². The number of aromatic nitrogens is 2. The van der Waals surface area contributed by atoms with Crippen LogP contribution < -0.4 is 0 Å². The molecule has 2 heterocycles. The molecule has 0 saturated heterocycles. The van der Waals surface area contributed by atoms with Gasteiger partial charge in [0.25, 0.3) is 0 Å². The molecule has 0 bridgehead atoms. The summed E-state index contributed by atoms with van der Waals surface area (Å²) < 4.78 is 5.96. The van der Waals surface area contributed by atoms with Crippen molar-refractivity contribution in [2.45, 2.75) is 4.90 Å². The number of aliphatic imine (C=N–C) groups is 1. The topological polar surface area (TPSA) is 47.4 Å². The van der Waals surface area contributed by atoms with E-state index in [4.69, 9.17) is 9.72 Å². The summed E-state index contributed by atoms with van der Waals surface area (Å²) in [6.07, 6.45) is 3.42. The fourth-order valence-electron chi connectivity index (χ4n) is 2.88. The van der Waals surface area contributed by atoms with Crippen LogP contribution in [0.5, 0.6) is 0 Å². The molecule has 2 aromatic heterocycles. The Balaban J connectivity index is 1.71. The minimum atomic E-state index is 0.512. The molecule has 27 heavy (non-hydrogen) atoms. The highest BCUT2D eigenvalue weighted by molar-refractivity contribution is 8.03. The molecule has 5 heteroatoms. The number of pyridine rings is 2. The predicted molar refractivity (Wildman–Crippen MR) is 112 cm³/mol. The lowest BCUT2D eigenvalue weighted by Crippen LogP contribution is -2.05. The van der Waals surface area contributed by atoms with Gasteiger partial charge in [-0.15, -0.1) is 0 Å². The Morgan fingerprint density at radius 2 is 1.52 bits per heavy atom. The second-order valence-corrected chi connectivity index (χ2v) is 6.88. The Morgan fingerprint density at radius 3 is 2.11 bits per heavy atom. The first-order chi connectivity index (χ1) is 13.3. The fourth-order valence-corrected chi connectivity index (χ4v) is 3.80. The third-order valence-electron chi connectivity index (χ3n) is 4.10. The molecule has 0 spiro atoms. The Labute approximate surface area is 161 Å². The zero-order chi connectivity index (χ0) is 18.6. The lowest BCUT2D eigenvalue weighted by Gasteiger charge is -2.13. The summed E-state index contributed by atoms with van der Waals surface area (Å²) in [5.74, 6) is 0.512. The highest BCUT2D eigenvalue weighted by Crippen LogP contribution is 2.37. The van der Waals surface area contributed by atoms with Crippen molar-refractivity contribution in [3.8, 4) is 0 Å². The van der Waals surface area contributed by atoms with Gasteiger partial charge in [-0.25, -0.2) is 4.98 Å². The smallest absolute Gasteiger partial charge is 0.222 e. The summed E-state index contributed by atoms with van der Waals surface area (Å²) in [7, 11) is 1.70. The molecular weight excluding hydrogens is 354 g/mol. The number of ether oxygens (including phenoxy) is 1. The maximum Gasteiger partial charge on any atom is 0.222 e. The van der Waals surface area contributed by atoms with Crippen LogP contribution in [0, 0.1) is 0 Å². The van der Waals surface area contributed by atoms with Crippen molar-refractivity contribution < 1.29 is 4.74 Å². The average Bonchev–Trinajstić information content (AvgIpc) is 2.72. The van der Waals surface area contributed by atoms with Crippen LogP contribution >= 0.6 is 11.8 Å². The third-order valence-corrected chi connectivity index (χ3v) is 5.05. The Hall–Kier alpha value is -3.18. The molecule has 132 valence electrons. The van der Waals surface area contributed by atoms with Crippen LogP contribution in [-0.2, 0) is 4.74 Å². The van der Waals surface area contributed by atoms with Gasteiger partial charge in [0, 0.05) is 40.7 Å². The first kappa shape index (κ1) is 17.2. The molecular formula is C22H17N3OS. The normalized spacial score (nSPS) is 11.7. The second kappa shape index (κ2) is 7.60. The first-order valence-corrected chi connectivity index (χ1v) is 9.27. The van der Waals surface area contributed by atoms with Gasteiger partial charge in [0.2, 0.25) is 5.90 Å². The molecule has 4 rings (SSSR count). The van der Waals surface area contributed by atoms with Crippen LogP contribution in [-0.4, -0.2) is 22.9 Å². The number of fused-ring (bicyclic) bond motifs is 2. The molecule has 4 aromatic rings. The molecule has 0 aliphatic heterocycles. The molecule has 0 aliphatic carbocycles. The van der Waals surface area contributed by atoms with Gasteiger partial charge in [0.15, 0.2) is 5.09 Å². The third kappa shape index (κ3) is 3.55. The van der Waals surface area contributed by atoms with E-state index in [1.54, 1.807) is 19.4 Å². The summed E-state index contributed by atoms with van der Waals surface area (Å²) in [4.78, 5) is 14.1. The maximum atomic E-state index is 5.96. The van der Waals surface area contributed by atoms with Crippen molar-refractivity contribution in [3.63, 3.8) is 0 Å². The van der Waals surface area contributed by atoms with Crippen LogP contribution in [0.2, 0.25) is 0 Å². The fraction of sp³-hybridized carbons (Fsp3) is 0.0455. The van der Waals surface area contributed by atoms with Gasteiger partial charge in [-0.05, 0) is 30.8 Å². The quantitative estimate of drug-likeness (QED) is 0.158. The monoisotopic (exact) mass is 371 g/mol. The van der Waals surface area contributed by atoms with E-state index >= 15 is 0 Å². The number of para-hydroxylation sites is 2. The van der Waals surface area contributed by atoms with E-state index in [0.717, 1.165) is 32.3 Å². The molecule has 0 atom stereocenters. The van der Waals surface area contributed by atoms with E-state index in [-0.39, 0.29) is 0 Å². The summed E-state index contributed by atoms with van der Waals surface area (Å²) in [6, 6.07) is 19.9. The Morgan fingerprint density at radius 1 is 0.926 bits per heavy atom. The Kier molecular flexibility index (Phi) is 4.85. The van der Waals surface area contributed by atoms with Gasteiger partial charge >= 0.3 is 0 Å². The first-order valence-electron chi connectivity index (χ1n) is 8.45. The largest absolute Gasteiger partial charge is 0.432 e. The van der Waals surface area contributed by atoms with Crippen molar-refractivity contribution >= 4 is 39.5 Å². The SMILES string of the molecule is C=C(OC(=NC)c1ccncc1)Sc1c2ccccc2nc2ccccc12. The van der Waals surface area contributed by atoms with E-state index in [2.05, 4.69) is 28.7 Å². The summed E-state index contributed by atoms with van der Waals surface area (Å²) in [5.41, 5.74) is 2.76. The zero-order valence-corrected chi connectivity index (χ0v) is 15.6. The average molecular weight is 371 g/mol. The zero-order valence-electron chi connectivity index (χ0n) is 14.8. The van der Waals surface area contributed by atoms with Crippen molar-refractivity contribution in [3.05, 3.63) is 90.3 Å². The van der Waals surface area contributed by atoms with Gasteiger partial charge in [-0.1, -0.05) is 48.2 Å². The van der Waals surface area contributed by atoms with Crippen LogP contribution in [0.15, 0.2) is 94.6 Å². The molecule has 4 nitrogen and oxygen atoms in total. The Bertz CT molecular complexity index is 1100. The number of hydrogen-bond donors (Lipinski definition) is 0. The highest BCUT2D eigenvalue weighted by Gasteiger charge is 2.13. The van der Waals surface area contributed by atoms with Crippen LogP contribution in [0.25, 0.3) is 21.8 Å². The minimum Gasteiger partial charge on any atom is -0.432 e. The second-order valence-electron chi connectivity index (χ2n) is 5.82. The van der Waals surface area contributed by atoms with E-state index < -0.39 is 0 Å². The van der Waals surface area contributed by atoms with E-state index in [9.17, 15) is 0 Å². The van der Waals surface area contributed by atoms with E-state index in [1.807, 2.05) is 48.5 Å². The van der Waals surface area contributed by atoms with E-state index in [1.165, 1.54) is 11.8 Å². The molecule has 0 amide bonds. The van der Waals surface area contributed by atoms with Crippen molar-refractivity contribution in [1.82, 2.24) is 9.97 Å². The summed E-state index contributed by atoms with van der Waals surface area (Å²) in [6.45, 7) is 4.10. The molecule has 0 fully saturated rings. The molecule has 0 aliphatic rings. The molecule has 0 N–H and O–H groups in total. The minimum absolute atomic E-state index is 0.512. The molecule has 0 saturated carbocycles. The lowest BCUT2D eigenvalue weighted by atomic mass is 10.1. The summed E-state index contributed by atoms with van der Waals surface area (Å²) in [5, 5.41) is 2.70. The maximum absolute atomic E-state index is 5.96. The number of benzene rings is 2. The molecule has 0 radical (unpaired) electrons. The number of thioether (sulfide) groups is 1. The van der Waals surface area contributed by atoms with Crippen molar-refractivity contribution in [2.75, 3.05) is 7.05 Å². The lowest BCUT2D eigenvalue weighted by molar-refractivity contribution is 0.459. The van der Waals surface area contributed by atoms with Crippen LogP contribution in [0.4, 0.5) is 0 Å². The number of nitrogens with zero attached hydrogens (tertiary/aromatic N) is 3.